The predicted octanol–water partition coefficient (Wildman–Crippen LogP) is 8.22. The van der Waals surface area contributed by atoms with E-state index in [9.17, 15) is 19.8 Å². The van der Waals surface area contributed by atoms with Crippen molar-refractivity contribution >= 4 is 11.8 Å². The smallest absolute Gasteiger partial charge is 0.306 e. The molecule has 2 N–H and O–H groups in total. The summed E-state index contributed by atoms with van der Waals surface area (Å²) in [6.07, 6.45) is 24.4. The lowest BCUT2D eigenvalue weighted by atomic mass is 10.0. The number of hydrogen-bond donors (Lipinski definition) is 2. The predicted molar refractivity (Wildman–Crippen MR) is 150 cm³/mol. The van der Waals surface area contributed by atoms with Crippen LogP contribution in [0.25, 0.3) is 0 Å². The minimum Gasteiger partial charge on any atom is -0.451 e. The van der Waals surface area contributed by atoms with E-state index < -0.39 is 24.8 Å². The molecule has 0 amide bonds. The minimum absolute atomic E-state index is 0.261. The topological polar surface area (TPSA) is 83.8 Å². The van der Waals surface area contributed by atoms with Crippen molar-refractivity contribution in [1.29, 1.82) is 0 Å². The molecule has 0 heterocycles. The van der Waals surface area contributed by atoms with E-state index >= 15 is 0 Å². The summed E-state index contributed by atoms with van der Waals surface area (Å²) in [6.45, 7) is 3.89. The molecule has 0 aliphatic carbocycles. The summed E-state index contributed by atoms with van der Waals surface area (Å²) in [4.78, 5) is 24.8. The molecule has 0 saturated carbocycles. The van der Waals surface area contributed by atoms with Crippen molar-refractivity contribution in [3.05, 3.63) is 0 Å². The largest absolute Gasteiger partial charge is 0.451 e. The fourth-order valence-electron chi connectivity index (χ4n) is 4.69. The van der Waals surface area contributed by atoms with Crippen LogP contribution in [0.4, 0.5) is 0 Å². The molecule has 36 heavy (non-hydrogen) atoms. The lowest BCUT2D eigenvalue weighted by Gasteiger charge is -2.20. The molecule has 0 saturated heterocycles. The Labute approximate surface area is 223 Å². The van der Waals surface area contributed by atoms with Crippen molar-refractivity contribution in [3.63, 3.8) is 0 Å². The van der Waals surface area contributed by atoms with Crippen molar-refractivity contribution in [1.82, 2.24) is 0 Å². The summed E-state index contributed by atoms with van der Waals surface area (Å²) in [6, 6.07) is 0. The van der Waals surface area contributed by atoms with Gasteiger partial charge in [-0.2, -0.15) is 0 Å². The Balaban J connectivity index is 3.88. The first-order chi connectivity index (χ1) is 17.6. The number of ketones is 1. The maximum atomic E-state index is 12.6. The first kappa shape index (κ1) is 35.1. The Morgan fingerprint density at radius 3 is 1.25 bits per heavy atom. The highest BCUT2D eigenvalue weighted by atomic mass is 16.6. The Hall–Kier alpha value is -0.940. The van der Waals surface area contributed by atoms with E-state index in [1.165, 1.54) is 103 Å². The van der Waals surface area contributed by atoms with E-state index in [0.717, 1.165) is 38.5 Å². The normalized spacial score (nSPS) is 13.0. The van der Waals surface area contributed by atoms with Gasteiger partial charge in [0.15, 0.2) is 11.9 Å². The highest BCUT2D eigenvalue weighted by Gasteiger charge is 2.29. The molecule has 0 aliphatic heterocycles. The van der Waals surface area contributed by atoms with E-state index in [0.29, 0.717) is 0 Å². The maximum Gasteiger partial charge on any atom is 0.306 e. The average Bonchev–Trinajstić information content (AvgIpc) is 2.88. The number of unbranched alkanes of at least 4 members (excludes halogenated alkanes) is 20. The summed E-state index contributed by atoms with van der Waals surface area (Å²) in [5.74, 6) is -0.726. The van der Waals surface area contributed by atoms with Gasteiger partial charge in [-0.25, -0.2) is 0 Å². The number of esters is 1. The Kier molecular flexibility index (Phi) is 26.4. The number of carbonyl (C=O) groups excluding carboxylic acids is 2. The number of ether oxygens (including phenoxy) is 1. The molecule has 5 heteroatoms. The first-order valence-electron chi connectivity index (χ1n) is 15.6. The van der Waals surface area contributed by atoms with Gasteiger partial charge in [0.1, 0.15) is 6.10 Å². The fraction of sp³-hybridized carbons (Fsp3) is 0.935. The molecule has 0 fully saturated rings. The van der Waals surface area contributed by atoms with Gasteiger partial charge in [0, 0.05) is 12.8 Å². The molecule has 0 aliphatic rings. The molecular formula is C31H60O5. The van der Waals surface area contributed by atoms with Gasteiger partial charge in [-0.3, -0.25) is 9.59 Å². The highest BCUT2D eigenvalue weighted by Crippen LogP contribution is 2.15. The van der Waals surface area contributed by atoms with Gasteiger partial charge in [-0.1, -0.05) is 142 Å². The number of aliphatic hydroxyl groups is 2. The van der Waals surface area contributed by atoms with E-state index in [-0.39, 0.29) is 18.6 Å². The van der Waals surface area contributed by atoms with Gasteiger partial charge in [0.2, 0.25) is 0 Å². The Morgan fingerprint density at radius 2 is 0.889 bits per heavy atom. The quantitative estimate of drug-likeness (QED) is 0.0814. The number of Topliss-reactive ketones (excluding diaryl/α,β-unsaturated/α-hetero) is 1. The molecule has 214 valence electrons. The minimum atomic E-state index is -1.34. The molecule has 0 aromatic heterocycles. The van der Waals surface area contributed by atoms with E-state index in [4.69, 9.17) is 4.74 Å². The average molecular weight is 513 g/mol. The third kappa shape index (κ3) is 22.3. The van der Waals surface area contributed by atoms with E-state index in [2.05, 4.69) is 13.8 Å². The van der Waals surface area contributed by atoms with Crippen LogP contribution in [-0.4, -0.2) is 40.8 Å². The summed E-state index contributed by atoms with van der Waals surface area (Å²) in [5, 5.41) is 19.3. The van der Waals surface area contributed by atoms with Crippen molar-refractivity contribution < 1.29 is 24.5 Å². The van der Waals surface area contributed by atoms with E-state index in [1.807, 2.05) is 0 Å². The molecule has 0 radical (unpaired) electrons. The molecule has 0 aromatic carbocycles. The third-order valence-electron chi connectivity index (χ3n) is 7.12. The molecule has 0 bridgehead atoms. The van der Waals surface area contributed by atoms with Gasteiger partial charge in [-0.15, -0.1) is 0 Å². The van der Waals surface area contributed by atoms with E-state index in [1.54, 1.807) is 0 Å². The van der Waals surface area contributed by atoms with Crippen LogP contribution < -0.4 is 0 Å². The Bertz CT molecular complexity index is 493. The second-order valence-corrected chi connectivity index (χ2v) is 10.7. The van der Waals surface area contributed by atoms with Crippen LogP contribution in [0.5, 0.6) is 0 Å². The Morgan fingerprint density at radius 1 is 0.556 bits per heavy atom. The van der Waals surface area contributed by atoms with Gasteiger partial charge < -0.3 is 14.9 Å². The van der Waals surface area contributed by atoms with Crippen molar-refractivity contribution in [2.24, 2.45) is 0 Å². The zero-order valence-corrected chi connectivity index (χ0v) is 24.0. The summed E-state index contributed by atoms with van der Waals surface area (Å²) < 4.78 is 5.31. The summed E-state index contributed by atoms with van der Waals surface area (Å²) in [7, 11) is 0. The SMILES string of the molecule is CCCCCCCCCCCCCC(=O)OC(C(=O)CCCCCCCCCCCCC)C(O)CO. The van der Waals surface area contributed by atoms with Crippen LogP contribution in [0.15, 0.2) is 0 Å². The summed E-state index contributed by atoms with van der Waals surface area (Å²) in [5.41, 5.74) is 0. The lowest BCUT2D eigenvalue weighted by molar-refractivity contribution is -0.163. The van der Waals surface area contributed by atoms with Crippen molar-refractivity contribution in [2.75, 3.05) is 6.61 Å². The van der Waals surface area contributed by atoms with Gasteiger partial charge >= 0.3 is 5.97 Å². The lowest BCUT2D eigenvalue weighted by Crippen LogP contribution is -2.40. The maximum absolute atomic E-state index is 12.6. The summed E-state index contributed by atoms with van der Waals surface area (Å²) >= 11 is 0. The zero-order chi connectivity index (χ0) is 26.7. The number of carbonyl (C=O) groups is 2. The van der Waals surface area contributed by atoms with Crippen LogP contribution >= 0.6 is 0 Å². The molecule has 0 spiro atoms. The number of rotatable bonds is 28. The molecule has 0 aromatic rings. The molecule has 2 atom stereocenters. The number of aliphatic hydroxyl groups excluding tert-OH is 2. The highest BCUT2D eigenvalue weighted by molar-refractivity contribution is 5.86. The van der Waals surface area contributed by atoms with Crippen molar-refractivity contribution in [3.8, 4) is 0 Å². The monoisotopic (exact) mass is 512 g/mol. The fourth-order valence-corrected chi connectivity index (χ4v) is 4.69. The van der Waals surface area contributed by atoms with Crippen LogP contribution in [0.1, 0.15) is 168 Å². The van der Waals surface area contributed by atoms with Crippen LogP contribution in [0.2, 0.25) is 0 Å². The van der Waals surface area contributed by atoms with Crippen LogP contribution in [0, 0.1) is 0 Å². The molecule has 0 rings (SSSR count). The third-order valence-corrected chi connectivity index (χ3v) is 7.12. The van der Waals surface area contributed by atoms with Gasteiger partial charge in [-0.05, 0) is 12.8 Å². The first-order valence-corrected chi connectivity index (χ1v) is 15.6. The van der Waals surface area contributed by atoms with Crippen molar-refractivity contribution in [2.45, 2.75) is 180 Å². The molecule has 2 unspecified atom stereocenters. The van der Waals surface area contributed by atoms with Crippen LogP contribution in [0.3, 0.4) is 0 Å². The second kappa shape index (κ2) is 27.1. The zero-order valence-electron chi connectivity index (χ0n) is 24.0. The van der Waals surface area contributed by atoms with Crippen LogP contribution in [-0.2, 0) is 14.3 Å². The second-order valence-electron chi connectivity index (χ2n) is 10.7. The number of hydrogen-bond acceptors (Lipinski definition) is 5. The molecule has 5 nitrogen and oxygen atoms in total. The van der Waals surface area contributed by atoms with Gasteiger partial charge in [0.25, 0.3) is 0 Å². The molecular weight excluding hydrogens is 452 g/mol. The van der Waals surface area contributed by atoms with Gasteiger partial charge in [0.05, 0.1) is 6.61 Å². The standard InChI is InChI=1S/C31H60O5/c1-3-5-7-9-11-13-15-17-19-21-23-25-28(33)31(29(34)27-32)36-30(35)26-24-22-20-18-16-14-12-10-8-6-4-2/h29,31-32,34H,3-27H2,1-2H3.